The Labute approximate surface area is 190 Å². The number of imide groups is 1. The highest BCUT2D eigenvalue weighted by Gasteiger charge is 2.41. The zero-order valence-electron chi connectivity index (χ0n) is 17.1. The van der Waals surface area contributed by atoms with Crippen molar-refractivity contribution in [1.82, 2.24) is 0 Å². The van der Waals surface area contributed by atoms with Crippen LogP contribution in [0.4, 0.5) is 5.69 Å². The van der Waals surface area contributed by atoms with Crippen molar-refractivity contribution in [1.29, 1.82) is 0 Å². The molecule has 0 radical (unpaired) electrons. The standard InChI is InChI=1S/C25H20ClNO3S/c1-16-8-13-21(30-2)20(14-16)27-24(28)22(18-9-11-19(26)12-10-18)23(25(27)29)31-15-17-6-4-3-5-7-17/h3-14H,15H2,1-2H3. The Hall–Kier alpha value is -3.02. The number of hydrogen-bond acceptors (Lipinski definition) is 4. The minimum Gasteiger partial charge on any atom is -0.495 e. The number of nitrogens with zero attached hydrogens (tertiary/aromatic N) is 1. The van der Waals surface area contributed by atoms with Crippen LogP contribution in [-0.2, 0) is 15.3 Å². The maximum atomic E-state index is 13.5. The van der Waals surface area contributed by atoms with Crippen LogP contribution in [0, 0.1) is 6.92 Å². The largest absolute Gasteiger partial charge is 0.495 e. The lowest BCUT2D eigenvalue weighted by molar-refractivity contribution is -0.119. The number of halogens is 1. The van der Waals surface area contributed by atoms with Crippen LogP contribution in [-0.4, -0.2) is 18.9 Å². The molecule has 0 unspecified atom stereocenters. The van der Waals surface area contributed by atoms with Gasteiger partial charge in [-0.1, -0.05) is 60.1 Å². The summed E-state index contributed by atoms with van der Waals surface area (Å²) in [5.41, 5.74) is 3.48. The number of amides is 2. The van der Waals surface area contributed by atoms with Crippen LogP contribution in [0.2, 0.25) is 5.02 Å². The minimum absolute atomic E-state index is 0.347. The van der Waals surface area contributed by atoms with Crippen molar-refractivity contribution in [3.8, 4) is 5.75 Å². The van der Waals surface area contributed by atoms with E-state index in [2.05, 4.69) is 0 Å². The Balaban J connectivity index is 1.78. The zero-order chi connectivity index (χ0) is 22.0. The van der Waals surface area contributed by atoms with Gasteiger partial charge in [-0.15, -0.1) is 11.8 Å². The second kappa shape index (κ2) is 9.00. The van der Waals surface area contributed by atoms with Gasteiger partial charge < -0.3 is 4.74 Å². The summed E-state index contributed by atoms with van der Waals surface area (Å²) in [5.74, 6) is 0.328. The molecule has 0 atom stereocenters. The van der Waals surface area contributed by atoms with Crippen molar-refractivity contribution in [3.05, 3.63) is 99.4 Å². The number of thioether (sulfide) groups is 1. The molecule has 0 spiro atoms. The Bertz CT molecular complexity index is 1170. The van der Waals surface area contributed by atoms with E-state index < -0.39 is 0 Å². The van der Waals surface area contributed by atoms with E-state index in [9.17, 15) is 9.59 Å². The molecule has 0 saturated carbocycles. The van der Waals surface area contributed by atoms with Crippen molar-refractivity contribution in [3.63, 3.8) is 0 Å². The minimum atomic E-state index is -0.369. The van der Waals surface area contributed by atoms with Crippen LogP contribution in [0.3, 0.4) is 0 Å². The Morgan fingerprint density at radius 2 is 1.65 bits per heavy atom. The van der Waals surface area contributed by atoms with E-state index >= 15 is 0 Å². The van der Waals surface area contributed by atoms with Gasteiger partial charge in [-0.2, -0.15) is 0 Å². The first-order valence-corrected chi connectivity index (χ1v) is 11.1. The normalized spacial score (nSPS) is 13.8. The number of carbonyl (C=O) groups excluding carboxylic acids is 2. The Morgan fingerprint density at radius 1 is 0.935 bits per heavy atom. The summed E-state index contributed by atoms with van der Waals surface area (Å²) in [6.45, 7) is 1.91. The average Bonchev–Trinajstić information content (AvgIpc) is 3.03. The van der Waals surface area contributed by atoms with E-state index in [1.807, 2.05) is 43.3 Å². The summed E-state index contributed by atoms with van der Waals surface area (Å²) in [5, 5.41) is 0.567. The van der Waals surface area contributed by atoms with Crippen LogP contribution < -0.4 is 9.64 Å². The summed E-state index contributed by atoms with van der Waals surface area (Å²) >= 11 is 7.41. The van der Waals surface area contributed by atoms with Crippen molar-refractivity contribution >= 4 is 46.4 Å². The first kappa shape index (κ1) is 21.2. The highest BCUT2D eigenvalue weighted by atomic mass is 35.5. The molecular weight excluding hydrogens is 430 g/mol. The fraction of sp³-hybridized carbons (Fsp3) is 0.120. The molecule has 4 nitrogen and oxygen atoms in total. The second-order valence-electron chi connectivity index (χ2n) is 7.11. The lowest BCUT2D eigenvalue weighted by Gasteiger charge is -2.19. The zero-order valence-corrected chi connectivity index (χ0v) is 18.7. The quantitative estimate of drug-likeness (QED) is 0.441. The maximum Gasteiger partial charge on any atom is 0.272 e. The molecule has 0 aliphatic carbocycles. The highest BCUT2D eigenvalue weighted by Crippen LogP contribution is 2.42. The third kappa shape index (κ3) is 4.24. The predicted octanol–water partition coefficient (Wildman–Crippen LogP) is 5.87. The van der Waals surface area contributed by atoms with Crippen molar-refractivity contribution in [2.45, 2.75) is 12.7 Å². The summed E-state index contributed by atoms with van der Waals surface area (Å²) < 4.78 is 5.44. The molecule has 4 rings (SSSR count). The SMILES string of the molecule is COc1ccc(C)cc1N1C(=O)C(SCc2ccccc2)=C(c2ccc(Cl)cc2)C1=O. The summed E-state index contributed by atoms with van der Waals surface area (Å²) in [4.78, 5) is 28.7. The summed E-state index contributed by atoms with van der Waals surface area (Å²) in [7, 11) is 1.53. The fourth-order valence-electron chi connectivity index (χ4n) is 3.44. The molecule has 6 heteroatoms. The number of ether oxygens (including phenoxy) is 1. The molecule has 1 aliphatic rings. The van der Waals surface area contributed by atoms with Crippen LogP contribution in [0.25, 0.3) is 5.57 Å². The summed E-state index contributed by atoms with van der Waals surface area (Å²) in [6, 6.07) is 22.3. The smallest absolute Gasteiger partial charge is 0.272 e. The number of anilines is 1. The number of rotatable bonds is 6. The number of carbonyl (C=O) groups is 2. The first-order chi connectivity index (χ1) is 15.0. The number of aryl methyl sites for hydroxylation is 1. The van der Waals surface area contributed by atoms with Crippen LogP contribution >= 0.6 is 23.4 Å². The molecule has 3 aromatic carbocycles. The summed E-state index contributed by atoms with van der Waals surface area (Å²) in [6.07, 6.45) is 0. The van der Waals surface area contributed by atoms with E-state index in [1.54, 1.807) is 36.4 Å². The Morgan fingerprint density at radius 3 is 2.32 bits per heavy atom. The van der Waals surface area contributed by atoms with Gasteiger partial charge in [-0.05, 0) is 47.9 Å². The van der Waals surface area contributed by atoms with E-state index in [-0.39, 0.29) is 11.8 Å². The second-order valence-corrected chi connectivity index (χ2v) is 8.53. The van der Waals surface area contributed by atoms with Crippen molar-refractivity contribution < 1.29 is 14.3 Å². The van der Waals surface area contributed by atoms with Crippen LogP contribution in [0.5, 0.6) is 5.75 Å². The molecule has 3 aromatic rings. The predicted molar refractivity (Wildman–Crippen MR) is 126 cm³/mol. The molecule has 0 bridgehead atoms. The van der Waals surface area contributed by atoms with E-state index in [1.165, 1.54) is 23.8 Å². The van der Waals surface area contributed by atoms with E-state index in [0.29, 0.717) is 38.3 Å². The molecule has 1 aliphatic heterocycles. The number of methoxy groups -OCH3 is 1. The molecule has 156 valence electrons. The van der Waals surface area contributed by atoms with Crippen LogP contribution in [0.1, 0.15) is 16.7 Å². The van der Waals surface area contributed by atoms with Gasteiger partial charge in [0.1, 0.15) is 5.75 Å². The maximum absolute atomic E-state index is 13.5. The lowest BCUT2D eigenvalue weighted by atomic mass is 10.1. The molecule has 0 aromatic heterocycles. The van der Waals surface area contributed by atoms with Crippen LogP contribution in [0.15, 0.2) is 77.7 Å². The number of benzene rings is 3. The van der Waals surface area contributed by atoms with Gasteiger partial charge in [0.2, 0.25) is 0 Å². The molecule has 0 N–H and O–H groups in total. The van der Waals surface area contributed by atoms with Crippen molar-refractivity contribution in [2.24, 2.45) is 0 Å². The van der Waals surface area contributed by atoms with E-state index in [0.717, 1.165) is 11.1 Å². The molecule has 2 amide bonds. The van der Waals surface area contributed by atoms with Gasteiger partial charge in [0, 0.05) is 10.8 Å². The van der Waals surface area contributed by atoms with E-state index in [4.69, 9.17) is 16.3 Å². The Kier molecular flexibility index (Phi) is 6.16. The van der Waals surface area contributed by atoms with Crippen molar-refractivity contribution in [2.75, 3.05) is 12.0 Å². The molecule has 0 saturated heterocycles. The average molecular weight is 450 g/mol. The van der Waals surface area contributed by atoms with Gasteiger partial charge in [-0.25, -0.2) is 4.90 Å². The van der Waals surface area contributed by atoms with Gasteiger partial charge in [0.05, 0.1) is 23.3 Å². The fourth-order valence-corrected chi connectivity index (χ4v) is 4.63. The molecular formula is C25H20ClNO3S. The molecule has 31 heavy (non-hydrogen) atoms. The monoisotopic (exact) mass is 449 g/mol. The molecule has 1 heterocycles. The highest BCUT2D eigenvalue weighted by molar-refractivity contribution is 8.03. The third-order valence-corrected chi connectivity index (χ3v) is 6.37. The van der Waals surface area contributed by atoms with Gasteiger partial charge >= 0.3 is 0 Å². The molecule has 0 fully saturated rings. The third-order valence-electron chi connectivity index (χ3n) is 4.98. The van der Waals surface area contributed by atoms with Gasteiger partial charge in [-0.3, -0.25) is 9.59 Å². The lowest BCUT2D eigenvalue weighted by Crippen LogP contribution is -2.31. The topological polar surface area (TPSA) is 46.6 Å². The van der Waals surface area contributed by atoms with Gasteiger partial charge in [0.15, 0.2) is 0 Å². The number of hydrogen-bond donors (Lipinski definition) is 0. The first-order valence-electron chi connectivity index (χ1n) is 9.70. The van der Waals surface area contributed by atoms with Gasteiger partial charge in [0.25, 0.3) is 11.8 Å².